The van der Waals surface area contributed by atoms with Gasteiger partial charge in [0, 0.05) is 17.5 Å². The van der Waals surface area contributed by atoms with Crippen LogP contribution in [0.2, 0.25) is 0 Å². The van der Waals surface area contributed by atoms with Crippen molar-refractivity contribution in [2.45, 2.75) is 31.3 Å². The van der Waals surface area contributed by atoms with Crippen molar-refractivity contribution < 1.29 is 9.21 Å². The third-order valence-corrected chi connectivity index (χ3v) is 6.07. The highest BCUT2D eigenvalue weighted by Crippen LogP contribution is 2.30. The molecule has 1 N–H and O–H groups in total. The number of rotatable bonds is 8. The Morgan fingerprint density at radius 2 is 1.83 bits per heavy atom. The highest BCUT2D eigenvalue weighted by atomic mass is 32.2. The minimum Gasteiger partial charge on any atom is -0.465 e. The van der Waals surface area contributed by atoms with Crippen molar-refractivity contribution in [1.29, 1.82) is 0 Å². The number of amides is 1. The summed E-state index contributed by atoms with van der Waals surface area (Å²) in [4.78, 5) is 12.3. The number of allylic oxidation sites excluding steroid dienone is 1. The van der Waals surface area contributed by atoms with Gasteiger partial charge in [0.15, 0.2) is 11.0 Å². The zero-order chi connectivity index (χ0) is 24.7. The Morgan fingerprint density at radius 3 is 2.51 bits per heavy atom. The molecule has 7 nitrogen and oxygen atoms in total. The van der Waals surface area contributed by atoms with Crippen LogP contribution >= 0.6 is 11.8 Å². The van der Waals surface area contributed by atoms with Gasteiger partial charge < -0.3 is 4.42 Å². The fraction of sp³-hybridized carbons (Fsp3) is 0.185. The lowest BCUT2D eigenvalue weighted by atomic mass is 9.87. The van der Waals surface area contributed by atoms with Crippen LogP contribution in [-0.2, 0) is 10.2 Å². The van der Waals surface area contributed by atoms with Crippen LogP contribution in [0.3, 0.4) is 0 Å². The van der Waals surface area contributed by atoms with Gasteiger partial charge in [-0.1, -0.05) is 75.0 Å². The molecule has 0 aliphatic rings. The van der Waals surface area contributed by atoms with Crippen molar-refractivity contribution in [3.05, 3.63) is 90.4 Å². The normalized spacial score (nSPS) is 12.0. The molecule has 2 aromatic carbocycles. The number of hydrazone groups is 1. The summed E-state index contributed by atoms with van der Waals surface area (Å²) in [6.45, 7) is 6.56. The lowest BCUT2D eigenvalue weighted by Gasteiger charge is -2.19. The van der Waals surface area contributed by atoms with Gasteiger partial charge >= 0.3 is 0 Å². The van der Waals surface area contributed by atoms with Crippen LogP contribution in [0.15, 0.2) is 93.7 Å². The maximum atomic E-state index is 12.3. The molecule has 1 amide bonds. The molecule has 2 aromatic heterocycles. The maximum absolute atomic E-state index is 12.3. The first kappa shape index (κ1) is 24.2. The molecule has 0 radical (unpaired) electrons. The van der Waals surface area contributed by atoms with Crippen LogP contribution in [0.4, 0.5) is 0 Å². The molecule has 35 heavy (non-hydrogen) atoms. The number of carbonyl (C=O) groups excluding carboxylic acids is 1. The van der Waals surface area contributed by atoms with E-state index in [2.05, 4.69) is 65.8 Å². The fourth-order valence-electron chi connectivity index (χ4n) is 3.32. The highest BCUT2D eigenvalue weighted by Gasteiger charge is 2.18. The number of hydrogen-bond acceptors (Lipinski definition) is 6. The lowest BCUT2D eigenvalue weighted by Crippen LogP contribution is -2.19. The molecule has 8 heteroatoms. The Hall–Kier alpha value is -3.91. The Morgan fingerprint density at radius 1 is 1.06 bits per heavy atom. The number of thioether (sulfide) groups is 1. The van der Waals surface area contributed by atoms with Crippen LogP contribution in [0.1, 0.15) is 32.1 Å². The van der Waals surface area contributed by atoms with E-state index >= 15 is 0 Å². The molecule has 0 unspecified atom stereocenters. The number of nitrogens with zero attached hydrogens (tertiary/aromatic N) is 4. The summed E-state index contributed by atoms with van der Waals surface area (Å²) < 4.78 is 7.17. The van der Waals surface area contributed by atoms with Gasteiger partial charge in [-0.3, -0.25) is 9.36 Å². The smallest absolute Gasteiger partial charge is 0.250 e. The van der Waals surface area contributed by atoms with Crippen molar-refractivity contribution in [2.75, 3.05) is 5.75 Å². The van der Waals surface area contributed by atoms with E-state index in [9.17, 15) is 4.79 Å². The van der Waals surface area contributed by atoms with E-state index in [1.165, 1.54) is 23.5 Å². The second-order valence-electron chi connectivity index (χ2n) is 8.78. The van der Waals surface area contributed by atoms with Crippen LogP contribution in [-0.4, -0.2) is 32.6 Å². The summed E-state index contributed by atoms with van der Waals surface area (Å²) in [5, 5.41) is 13.4. The molecule has 2 heterocycles. The number of aromatic nitrogens is 3. The minimum atomic E-state index is -0.239. The van der Waals surface area contributed by atoms with Gasteiger partial charge in [-0.15, -0.1) is 10.2 Å². The van der Waals surface area contributed by atoms with Gasteiger partial charge in [0.25, 0.3) is 5.91 Å². The molecule has 0 aliphatic heterocycles. The molecule has 0 atom stereocenters. The Kier molecular flexibility index (Phi) is 7.62. The van der Waals surface area contributed by atoms with Gasteiger partial charge in [0.1, 0.15) is 5.76 Å². The second-order valence-corrected chi connectivity index (χ2v) is 9.72. The van der Waals surface area contributed by atoms with E-state index in [1.807, 2.05) is 41.0 Å². The number of para-hydroxylation sites is 1. The quantitative estimate of drug-likeness (QED) is 0.196. The van der Waals surface area contributed by atoms with Gasteiger partial charge in [-0.25, -0.2) is 5.43 Å². The summed E-state index contributed by atoms with van der Waals surface area (Å²) in [6.07, 6.45) is 6.53. The Labute approximate surface area is 209 Å². The molecule has 0 fully saturated rings. The third-order valence-electron chi connectivity index (χ3n) is 5.14. The molecular formula is C27H27N5O2S. The first-order chi connectivity index (χ1) is 16.9. The zero-order valence-electron chi connectivity index (χ0n) is 19.9. The zero-order valence-corrected chi connectivity index (χ0v) is 20.7. The lowest BCUT2D eigenvalue weighted by molar-refractivity contribution is -0.118. The number of furan rings is 1. The Bertz CT molecular complexity index is 1300. The molecule has 4 aromatic rings. The van der Waals surface area contributed by atoms with Gasteiger partial charge in [0.2, 0.25) is 0 Å². The van der Waals surface area contributed by atoms with E-state index < -0.39 is 0 Å². The van der Waals surface area contributed by atoms with Crippen LogP contribution in [0, 0.1) is 0 Å². The van der Waals surface area contributed by atoms with E-state index in [0.717, 1.165) is 17.1 Å². The number of hydrogen-bond donors (Lipinski definition) is 1. The molecule has 0 spiro atoms. The topological polar surface area (TPSA) is 85.3 Å². The minimum absolute atomic E-state index is 0.0665. The highest BCUT2D eigenvalue weighted by molar-refractivity contribution is 7.99. The SMILES string of the molecule is CC(C)(C)c1ccc(-c2nnc(SCC(=O)N/N=C/C=C/c3ccco3)n2-c2ccccc2)cc1. The van der Waals surface area contributed by atoms with E-state index in [4.69, 9.17) is 4.42 Å². The molecule has 0 bridgehead atoms. The number of carbonyl (C=O) groups is 1. The van der Waals surface area contributed by atoms with Crippen molar-refractivity contribution >= 4 is 30.0 Å². The molecule has 0 aliphatic carbocycles. The predicted octanol–water partition coefficient (Wildman–Crippen LogP) is 5.73. The summed E-state index contributed by atoms with van der Waals surface area (Å²) in [6, 6.07) is 21.9. The first-order valence-corrected chi connectivity index (χ1v) is 12.2. The van der Waals surface area contributed by atoms with Crippen LogP contribution in [0.5, 0.6) is 0 Å². The maximum Gasteiger partial charge on any atom is 0.250 e. The van der Waals surface area contributed by atoms with Crippen LogP contribution in [0.25, 0.3) is 23.2 Å². The molecule has 0 saturated carbocycles. The standard InChI is InChI=1S/C27H27N5O2S/c1-27(2,3)21-15-13-20(14-16-21)25-30-31-26(32(25)22-9-5-4-6-10-22)35-19-24(33)29-28-17-7-11-23-12-8-18-34-23/h4-18H,19H2,1-3H3,(H,29,33)/b11-7+,28-17+. The number of benzene rings is 2. The summed E-state index contributed by atoms with van der Waals surface area (Å²) in [5.41, 5.74) is 5.72. The second kappa shape index (κ2) is 11.0. The van der Waals surface area contributed by atoms with Gasteiger partial charge in [-0.05, 0) is 47.4 Å². The summed E-state index contributed by atoms with van der Waals surface area (Å²) in [7, 11) is 0. The molecular weight excluding hydrogens is 458 g/mol. The predicted molar refractivity (Wildman–Crippen MR) is 141 cm³/mol. The average molecular weight is 486 g/mol. The first-order valence-electron chi connectivity index (χ1n) is 11.2. The monoisotopic (exact) mass is 485 g/mol. The van der Waals surface area contributed by atoms with Crippen molar-refractivity contribution in [3.8, 4) is 17.1 Å². The van der Waals surface area contributed by atoms with Crippen molar-refractivity contribution in [2.24, 2.45) is 5.10 Å². The Balaban J connectivity index is 1.48. The summed E-state index contributed by atoms with van der Waals surface area (Å²) >= 11 is 1.31. The largest absolute Gasteiger partial charge is 0.465 e. The molecule has 0 saturated heterocycles. The number of nitrogens with one attached hydrogen (secondary N) is 1. The van der Waals surface area contributed by atoms with E-state index in [0.29, 0.717) is 10.9 Å². The van der Waals surface area contributed by atoms with Crippen molar-refractivity contribution in [3.63, 3.8) is 0 Å². The van der Waals surface area contributed by atoms with Gasteiger partial charge in [-0.2, -0.15) is 5.10 Å². The molecule has 178 valence electrons. The fourth-order valence-corrected chi connectivity index (χ4v) is 4.06. The van der Waals surface area contributed by atoms with Crippen molar-refractivity contribution in [1.82, 2.24) is 20.2 Å². The van der Waals surface area contributed by atoms with Gasteiger partial charge in [0.05, 0.1) is 12.0 Å². The van der Waals surface area contributed by atoms with Crippen LogP contribution < -0.4 is 5.43 Å². The van der Waals surface area contributed by atoms with E-state index in [1.54, 1.807) is 24.5 Å². The summed E-state index contributed by atoms with van der Waals surface area (Å²) in [5.74, 6) is 1.34. The van der Waals surface area contributed by atoms with E-state index in [-0.39, 0.29) is 17.1 Å². The molecule has 4 rings (SSSR count). The average Bonchev–Trinajstić information content (AvgIpc) is 3.53. The third kappa shape index (κ3) is 6.36.